The summed E-state index contributed by atoms with van der Waals surface area (Å²) < 4.78 is 11.3. The second kappa shape index (κ2) is 12.7. The highest BCUT2D eigenvalue weighted by atomic mass is 16.7. The largest absolute Gasteiger partial charge is 0.462 e. The van der Waals surface area contributed by atoms with Gasteiger partial charge in [-0.05, 0) is 30.3 Å². The van der Waals surface area contributed by atoms with Gasteiger partial charge in [0, 0.05) is 34.6 Å². The Morgan fingerprint density at radius 2 is 1.73 bits per heavy atom. The Hall–Kier alpha value is -4.60. The number of rotatable bonds is 10. The number of non-ortho nitro benzene ring substituents is 1. The van der Waals surface area contributed by atoms with Crippen molar-refractivity contribution in [1.82, 2.24) is 0 Å². The lowest BCUT2D eigenvalue weighted by Crippen LogP contribution is -2.60. The van der Waals surface area contributed by atoms with Crippen molar-refractivity contribution < 1.29 is 39.6 Å². The number of hydrogen-bond acceptors (Lipinski definition) is 11. The van der Waals surface area contributed by atoms with Gasteiger partial charge in [0.05, 0.1) is 11.5 Å². The molecule has 6 atom stereocenters. The standard InChI is InChI=1S/C27H29N5O9/c28-25(29)14-4-3-5-16(12-14)30-21(26(37)31-15-8-10-17(11-9-15)32(38)39)18-6-1-2-7-19(18)40-27-24(36)23(35)22(34)20(13-33)41-27/h1-12,20-24,27,30,33-36H,13H2,(H3,28,29)(H,31,37). The number of nitro groups is 1. The fourth-order valence-electron chi connectivity index (χ4n) is 4.22. The average Bonchev–Trinajstić information content (AvgIpc) is 2.97. The number of aliphatic hydroxyl groups excluding tert-OH is 4. The number of amides is 1. The van der Waals surface area contributed by atoms with Gasteiger partial charge in [-0.15, -0.1) is 0 Å². The smallest absolute Gasteiger partial charge is 0.269 e. The van der Waals surface area contributed by atoms with Crippen molar-refractivity contribution in [3.63, 3.8) is 0 Å². The topological polar surface area (TPSA) is 234 Å². The summed E-state index contributed by atoms with van der Waals surface area (Å²) in [5.74, 6) is -0.722. The molecule has 0 saturated carbocycles. The number of hydrogen-bond donors (Lipinski definition) is 8. The summed E-state index contributed by atoms with van der Waals surface area (Å²) in [5, 5.41) is 64.8. The normalized spacial score (nSPS) is 22.8. The Morgan fingerprint density at radius 3 is 2.39 bits per heavy atom. The molecule has 1 aliphatic heterocycles. The zero-order valence-electron chi connectivity index (χ0n) is 21.5. The maximum Gasteiger partial charge on any atom is 0.269 e. The fourth-order valence-corrected chi connectivity index (χ4v) is 4.22. The van der Waals surface area contributed by atoms with Crippen LogP contribution in [0.15, 0.2) is 72.8 Å². The van der Waals surface area contributed by atoms with Crippen molar-refractivity contribution in [1.29, 1.82) is 5.41 Å². The van der Waals surface area contributed by atoms with Gasteiger partial charge in [-0.3, -0.25) is 20.3 Å². The van der Waals surface area contributed by atoms with Crippen LogP contribution in [0.5, 0.6) is 5.75 Å². The van der Waals surface area contributed by atoms with E-state index in [2.05, 4.69) is 10.6 Å². The van der Waals surface area contributed by atoms with E-state index >= 15 is 0 Å². The lowest BCUT2D eigenvalue weighted by molar-refractivity contribution is -0.384. The minimum absolute atomic E-state index is 0.0656. The molecule has 14 heteroatoms. The number of aliphatic hydroxyl groups is 4. The molecular formula is C27H29N5O9. The third kappa shape index (κ3) is 6.77. The average molecular weight is 568 g/mol. The molecule has 41 heavy (non-hydrogen) atoms. The van der Waals surface area contributed by atoms with Gasteiger partial charge in [0.1, 0.15) is 42.0 Å². The first kappa shape index (κ1) is 29.4. The predicted octanol–water partition coefficient (Wildman–Crippen LogP) is 0.849. The zero-order chi connectivity index (χ0) is 29.7. The van der Waals surface area contributed by atoms with Crippen molar-refractivity contribution in [3.8, 4) is 5.75 Å². The first-order valence-corrected chi connectivity index (χ1v) is 12.4. The van der Waals surface area contributed by atoms with Crippen LogP contribution in [0.4, 0.5) is 17.1 Å². The van der Waals surface area contributed by atoms with Crippen LogP contribution in [0, 0.1) is 15.5 Å². The summed E-state index contributed by atoms with van der Waals surface area (Å²) in [6.45, 7) is -0.652. The minimum atomic E-state index is -1.69. The minimum Gasteiger partial charge on any atom is -0.462 e. The van der Waals surface area contributed by atoms with Gasteiger partial charge in [0.15, 0.2) is 0 Å². The van der Waals surface area contributed by atoms with Crippen LogP contribution in [-0.2, 0) is 9.53 Å². The van der Waals surface area contributed by atoms with E-state index < -0.39 is 54.2 Å². The molecule has 14 nitrogen and oxygen atoms in total. The predicted molar refractivity (Wildman–Crippen MR) is 146 cm³/mol. The van der Waals surface area contributed by atoms with Crippen molar-refractivity contribution in [2.24, 2.45) is 5.73 Å². The van der Waals surface area contributed by atoms with Gasteiger partial charge in [-0.25, -0.2) is 0 Å². The van der Waals surface area contributed by atoms with Crippen LogP contribution < -0.4 is 21.1 Å². The van der Waals surface area contributed by atoms with Crippen LogP contribution in [0.25, 0.3) is 0 Å². The van der Waals surface area contributed by atoms with Crippen LogP contribution in [0.2, 0.25) is 0 Å². The maximum absolute atomic E-state index is 13.6. The molecule has 1 aliphatic rings. The van der Waals surface area contributed by atoms with E-state index in [4.69, 9.17) is 20.6 Å². The highest BCUT2D eigenvalue weighted by molar-refractivity contribution is 5.99. The molecule has 1 heterocycles. The number of benzene rings is 3. The molecule has 9 N–H and O–H groups in total. The summed E-state index contributed by atoms with van der Waals surface area (Å²) in [6, 6.07) is 16.8. The van der Waals surface area contributed by atoms with Crippen LogP contribution in [0.1, 0.15) is 17.2 Å². The summed E-state index contributed by atoms with van der Waals surface area (Å²) in [7, 11) is 0. The van der Waals surface area contributed by atoms with Crippen molar-refractivity contribution in [3.05, 3.63) is 94.0 Å². The van der Waals surface area contributed by atoms with Gasteiger partial charge in [-0.2, -0.15) is 0 Å². The van der Waals surface area contributed by atoms with Crippen LogP contribution in [0.3, 0.4) is 0 Å². The fraction of sp³-hybridized carbons (Fsp3) is 0.259. The second-order valence-corrected chi connectivity index (χ2v) is 9.22. The first-order valence-electron chi connectivity index (χ1n) is 12.4. The van der Waals surface area contributed by atoms with Gasteiger partial charge >= 0.3 is 0 Å². The van der Waals surface area contributed by atoms with Crippen molar-refractivity contribution in [2.45, 2.75) is 36.7 Å². The summed E-state index contributed by atoms with van der Waals surface area (Å²) in [5.41, 5.74) is 6.82. The molecule has 216 valence electrons. The van der Waals surface area contributed by atoms with Gasteiger partial charge in [-0.1, -0.05) is 30.3 Å². The first-order chi connectivity index (χ1) is 19.6. The number of nitrogens with two attached hydrogens (primary N) is 1. The SMILES string of the molecule is N=C(N)c1cccc(NC(C(=O)Nc2ccc([N+](=O)[O-])cc2)c2ccccc2OC2OC(CO)C(O)C(O)C2O)c1. The molecule has 0 bridgehead atoms. The summed E-state index contributed by atoms with van der Waals surface area (Å²) in [4.78, 5) is 24.1. The van der Waals surface area contributed by atoms with Gasteiger partial charge < -0.3 is 46.3 Å². The molecule has 0 aromatic heterocycles. The Morgan fingerprint density at radius 1 is 1.02 bits per heavy atom. The van der Waals surface area contributed by atoms with Gasteiger partial charge in [0.25, 0.3) is 11.6 Å². The number of para-hydroxylation sites is 1. The monoisotopic (exact) mass is 567 g/mol. The van der Waals surface area contributed by atoms with E-state index in [1.54, 1.807) is 42.5 Å². The van der Waals surface area contributed by atoms with E-state index in [-0.39, 0.29) is 28.5 Å². The van der Waals surface area contributed by atoms with E-state index in [1.807, 2.05) is 0 Å². The number of ether oxygens (including phenoxy) is 2. The number of nitro benzene ring substituents is 1. The van der Waals surface area contributed by atoms with E-state index in [1.165, 1.54) is 30.3 Å². The Balaban J connectivity index is 1.68. The summed E-state index contributed by atoms with van der Waals surface area (Å²) >= 11 is 0. The molecule has 1 fully saturated rings. The molecule has 3 aromatic rings. The second-order valence-electron chi connectivity index (χ2n) is 9.22. The molecular weight excluding hydrogens is 538 g/mol. The molecule has 1 amide bonds. The molecule has 0 aliphatic carbocycles. The number of amidine groups is 1. The molecule has 0 spiro atoms. The molecule has 1 saturated heterocycles. The molecule has 0 radical (unpaired) electrons. The quantitative estimate of drug-likeness (QED) is 0.0740. The lowest BCUT2D eigenvalue weighted by atomic mass is 9.99. The number of anilines is 2. The van der Waals surface area contributed by atoms with E-state index in [0.717, 1.165) is 0 Å². The third-order valence-electron chi connectivity index (χ3n) is 6.41. The Labute approximate surface area is 233 Å². The third-order valence-corrected chi connectivity index (χ3v) is 6.41. The molecule has 6 unspecified atom stereocenters. The molecule has 4 rings (SSSR count). The van der Waals surface area contributed by atoms with Crippen molar-refractivity contribution in [2.75, 3.05) is 17.2 Å². The van der Waals surface area contributed by atoms with Crippen LogP contribution >= 0.6 is 0 Å². The number of carbonyl (C=O) groups is 1. The number of carbonyl (C=O) groups excluding carboxylic acids is 1. The highest BCUT2D eigenvalue weighted by Gasteiger charge is 2.45. The number of nitrogens with one attached hydrogen (secondary N) is 3. The van der Waals surface area contributed by atoms with E-state index in [0.29, 0.717) is 11.3 Å². The number of nitrogen functional groups attached to an aromatic ring is 1. The molecule has 3 aromatic carbocycles. The number of nitrogens with zero attached hydrogens (tertiary/aromatic N) is 1. The summed E-state index contributed by atoms with van der Waals surface area (Å²) in [6.07, 6.45) is -7.66. The maximum atomic E-state index is 13.6. The Bertz CT molecular complexity index is 1400. The van der Waals surface area contributed by atoms with Crippen LogP contribution in [-0.4, -0.2) is 74.4 Å². The zero-order valence-corrected chi connectivity index (χ0v) is 21.5. The Kier molecular flexibility index (Phi) is 9.11. The van der Waals surface area contributed by atoms with E-state index in [9.17, 15) is 35.3 Å². The van der Waals surface area contributed by atoms with Gasteiger partial charge in [0.2, 0.25) is 6.29 Å². The highest BCUT2D eigenvalue weighted by Crippen LogP contribution is 2.33. The van der Waals surface area contributed by atoms with Crippen molar-refractivity contribution >= 4 is 28.8 Å². The lowest BCUT2D eigenvalue weighted by Gasteiger charge is -2.39.